The van der Waals surface area contributed by atoms with E-state index in [2.05, 4.69) is 73.7 Å². The third-order valence-electron chi connectivity index (χ3n) is 5.83. The number of furan rings is 1. The van der Waals surface area contributed by atoms with E-state index in [9.17, 15) is 0 Å². The number of pyridine rings is 2. The molecule has 5 aromatic rings. The second kappa shape index (κ2) is 6.95. The molecule has 0 fully saturated rings. The van der Waals surface area contributed by atoms with Crippen LogP contribution in [0.15, 0.2) is 65.2 Å². The van der Waals surface area contributed by atoms with Crippen LogP contribution in [0.1, 0.15) is 25.3 Å². The summed E-state index contributed by atoms with van der Waals surface area (Å²) in [6, 6.07) is 18.9. The van der Waals surface area contributed by atoms with Crippen molar-refractivity contribution in [1.82, 2.24) is 9.97 Å². The summed E-state index contributed by atoms with van der Waals surface area (Å²) in [6.07, 6.45) is 2.12. The Bertz CT molecular complexity index is 1410. The molecule has 150 valence electrons. The second-order valence-corrected chi connectivity index (χ2v) is 20.0. The van der Waals surface area contributed by atoms with Gasteiger partial charge in [0.25, 0.3) is 0 Å². The van der Waals surface area contributed by atoms with Crippen LogP contribution in [0.3, 0.4) is 0 Å². The zero-order chi connectivity index (χ0) is 21.0. The molecular formula is C26H26GeN2O. The number of rotatable bonds is 3. The number of para-hydroxylation sites is 2. The molecule has 0 aliphatic carbocycles. The van der Waals surface area contributed by atoms with E-state index in [-0.39, 0.29) is 0 Å². The average Bonchev–Trinajstić information content (AvgIpc) is 3.08. The maximum absolute atomic E-state index is 6.30. The summed E-state index contributed by atoms with van der Waals surface area (Å²) in [4.78, 5) is 9.66. The zero-order valence-electron chi connectivity index (χ0n) is 18.2. The van der Waals surface area contributed by atoms with Gasteiger partial charge in [-0.05, 0) is 0 Å². The molecule has 0 amide bonds. The first-order valence-corrected chi connectivity index (χ1v) is 17.9. The van der Waals surface area contributed by atoms with E-state index in [4.69, 9.17) is 14.4 Å². The Morgan fingerprint density at radius 2 is 1.70 bits per heavy atom. The van der Waals surface area contributed by atoms with Crippen molar-refractivity contribution < 1.29 is 4.42 Å². The number of aromatic nitrogens is 2. The molecule has 0 saturated heterocycles. The van der Waals surface area contributed by atoms with E-state index in [0.29, 0.717) is 11.6 Å². The zero-order valence-corrected chi connectivity index (χ0v) is 20.3. The first kappa shape index (κ1) is 19.3. The molecule has 3 aromatic heterocycles. The Morgan fingerprint density at radius 1 is 0.900 bits per heavy atom. The molecule has 0 spiro atoms. The van der Waals surface area contributed by atoms with Gasteiger partial charge in [-0.15, -0.1) is 0 Å². The predicted octanol–water partition coefficient (Wildman–Crippen LogP) is 6.86. The molecule has 3 nitrogen and oxygen atoms in total. The van der Waals surface area contributed by atoms with Gasteiger partial charge in [-0.2, -0.15) is 0 Å². The predicted molar refractivity (Wildman–Crippen MR) is 129 cm³/mol. The Kier molecular flexibility index (Phi) is 4.47. The average molecular weight is 455 g/mol. The number of fused-ring (bicyclic) bond motifs is 4. The normalized spacial score (nSPS) is 12.5. The summed E-state index contributed by atoms with van der Waals surface area (Å²) >= 11 is -2.00. The molecular weight excluding hydrogens is 429 g/mol. The SMILES string of the molecule is CC(C)c1cc(-c2cccc3c2oc2nc4ccccc4cc23)nc[c]1[Ge]([CH3])([CH3])[CH3]. The standard InChI is InChI=1S/C26H26GeN2O/c1-16(2)20-14-24(28-15-22(20)27(3,4)5)19-11-8-10-18-21-13-17-9-6-7-12-23(17)29-26(21)30-25(18)19/h6-16H,1-5H3. The van der Waals surface area contributed by atoms with Crippen molar-refractivity contribution in [2.75, 3.05) is 0 Å². The first-order chi connectivity index (χ1) is 14.3. The van der Waals surface area contributed by atoms with Crippen LogP contribution in [0, 0.1) is 0 Å². The molecule has 5 rings (SSSR count). The molecule has 0 atom stereocenters. The summed E-state index contributed by atoms with van der Waals surface area (Å²) in [6.45, 7) is 4.54. The van der Waals surface area contributed by atoms with Gasteiger partial charge in [-0.1, -0.05) is 0 Å². The van der Waals surface area contributed by atoms with Crippen molar-refractivity contribution in [2.24, 2.45) is 0 Å². The first-order valence-electron chi connectivity index (χ1n) is 10.5. The Labute approximate surface area is 179 Å². The molecule has 0 bridgehead atoms. The van der Waals surface area contributed by atoms with Crippen molar-refractivity contribution in [1.29, 1.82) is 0 Å². The van der Waals surface area contributed by atoms with Gasteiger partial charge in [0.15, 0.2) is 0 Å². The third-order valence-corrected chi connectivity index (χ3v) is 10.1. The fraction of sp³-hybridized carbons (Fsp3) is 0.231. The molecule has 0 aliphatic heterocycles. The van der Waals surface area contributed by atoms with E-state index in [1.165, 1.54) is 9.96 Å². The van der Waals surface area contributed by atoms with Crippen LogP contribution in [0.25, 0.3) is 44.2 Å². The summed E-state index contributed by atoms with van der Waals surface area (Å²) < 4.78 is 7.79. The van der Waals surface area contributed by atoms with Crippen LogP contribution in [-0.4, -0.2) is 23.2 Å². The number of hydrogen-bond acceptors (Lipinski definition) is 3. The quantitative estimate of drug-likeness (QED) is 0.279. The fourth-order valence-corrected chi connectivity index (χ4v) is 7.77. The topological polar surface area (TPSA) is 38.9 Å². The molecule has 0 unspecified atom stereocenters. The van der Waals surface area contributed by atoms with Gasteiger partial charge in [-0.3, -0.25) is 0 Å². The minimum absolute atomic E-state index is 0.466. The fourth-order valence-electron chi connectivity index (χ4n) is 4.25. The van der Waals surface area contributed by atoms with Gasteiger partial charge < -0.3 is 0 Å². The monoisotopic (exact) mass is 456 g/mol. The van der Waals surface area contributed by atoms with E-state index < -0.39 is 13.3 Å². The van der Waals surface area contributed by atoms with Crippen molar-refractivity contribution in [3.63, 3.8) is 0 Å². The van der Waals surface area contributed by atoms with Crippen molar-refractivity contribution in [3.8, 4) is 11.3 Å². The van der Waals surface area contributed by atoms with Crippen LogP contribution in [0.5, 0.6) is 0 Å². The summed E-state index contributed by atoms with van der Waals surface area (Å²) in [5.41, 5.74) is 5.92. The van der Waals surface area contributed by atoms with E-state index in [0.717, 1.165) is 38.5 Å². The molecule has 30 heavy (non-hydrogen) atoms. The molecule has 4 heteroatoms. The molecule has 0 aliphatic rings. The van der Waals surface area contributed by atoms with Crippen LogP contribution in [-0.2, 0) is 0 Å². The number of nitrogens with zero attached hydrogens (tertiary/aromatic N) is 2. The van der Waals surface area contributed by atoms with Gasteiger partial charge in [0, 0.05) is 0 Å². The van der Waals surface area contributed by atoms with E-state index >= 15 is 0 Å². The van der Waals surface area contributed by atoms with E-state index in [1.807, 2.05) is 18.2 Å². The minimum atomic E-state index is -2.00. The van der Waals surface area contributed by atoms with Crippen molar-refractivity contribution in [2.45, 2.75) is 37.0 Å². The molecule has 0 radical (unpaired) electrons. The molecule has 2 aromatic carbocycles. The van der Waals surface area contributed by atoms with Crippen LogP contribution in [0.4, 0.5) is 0 Å². The van der Waals surface area contributed by atoms with Crippen LogP contribution >= 0.6 is 0 Å². The van der Waals surface area contributed by atoms with Gasteiger partial charge in [0.2, 0.25) is 0 Å². The Morgan fingerprint density at radius 3 is 2.47 bits per heavy atom. The van der Waals surface area contributed by atoms with E-state index in [1.54, 1.807) is 0 Å². The Balaban J connectivity index is 1.77. The molecule has 3 heterocycles. The summed E-state index contributed by atoms with van der Waals surface area (Å²) in [5.74, 6) is 7.75. The van der Waals surface area contributed by atoms with Gasteiger partial charge in [0.05, 0.1) is 0 Å². The van der Waals surface area contributed by atoms with Crippen LogP contribution < -0.4 is 4.40 Å². The van der Waals surface area contributed by atoms with Crippen molar-refractivity contribution >= 4 is 50.6 Å². The summed E-state index contributed by atoms with van der Waals surface area (Å²) in [5, 5.41) is 3.27. The van der Waals surface area contributed by atoms with Crippen LogP contribution in [0.2, 0.25) is 17.3 Å². The maximum atomic E-state index is 6.30. The number of benzene rings is 2. The van der Waals surface area contributed by atoms with Gasteiger partial charge in [-0.25, -0.2) is 0 Å². The second-order valence-electron chi connectivity index (χ2n) is 9.38. The molecule has 0 N–H and O–H groups in total. The number of hydrogen-bond donors (Lipinski definition) is 0. The summed E-state index contributed by atoms with van der Waals surface area (Å²) in [7, 11) is 0. The van der Waals surface area contributed by atoms with Crippen molar-refractivity contribution in [3.05, 3.63) is 66.4 Å². The van der Waals surface area contributed by atoms with Gasteiger partial charge in [0.1, 0.15) is 0 Å². The Hall–Kier alpha value is -2.66. The van der Waals surface area contributed by atoms with Gasteiger partial charge >= 0.3 is 180 Å². The molecule has 0 saturated carbocycles. The third kappa shape index (κ3) is 3.12.